The minimum atomic E-state index is 0.0722. The maximum atomic E-state index is 6.03. The number of nitrogens with one attached hydrogen (secondary N) is 2. The third-order valence-corrected chi connectivity index (χ3v) is 4.25. The van der Waals surface area contributed by atoms with E-state index < -0.39 is 0 Å². The maximum absolute atomic E-state index is 6.03. The highest BCUT2D eigenvalue weighted by Crippen LogP contribution is 2.31. The minimum Gasteiger partial charge on any atom is -0.497 e. The van der Waals surface area contributed by atoms with Gasteiger partial charge >= 0.3 is 0 Å². The molecule has 9 heteroatoms. The van der Waals surface area contributed by atoms with Gasteiger partial charge in [0.15, 0.2) is 0 Å². The van der Waals surface area contributed by atoms with E-state index in [0.29, 0.717) is 29.1 Å². The van der Waals surface area contributed by atoms with Gasteiger partial charge in [0, 0.05) is 15.3 Å². The topological polar surface area (TPSA) is 81.2 Å². The SMILES string of the molecule is COc1ccc(Nc2nc(Cl)nc(Nc3ccc(I)cc3)n2)c(OC)c1. The van der Waals surface area contributed by atoms with E-state index in [1.807, 2.05) is 30.3 Å². The fourth-order valence-electron chi connectivity index (χ4n) is 2.15. The van der Waals surface area contributed by atoms with E-state index in [2.05, 4.69) is 48.2 Å². The van der Waals surface area contributed by atoms with Crippen LogP contribution in [0.5, 0.6) is 11.5 Å². The third kappa shape index (κ3) is 4.64. The first-order valence-corrected chi connectivity index (χ1v) is 8.96. The second kappa shape index (κ2) is 8.37. The zero-order valence-electron chi connectivity index (χ0n) is 14.0. The molecule has 2 aromatic carbocycles. The fraction of sp³-hybridized carbons (Fsp3) is 0.118. The van der Waals surface area contributed by atoms with Gasteiger partial charge in [-0.3, -0.25) is 0 Å². The molecule has 0 spiro atoms. The first-order chi connectivity index (χ1) is 12.6. The summed E-state index contributed by atoms with van der Waals surface area (Å²) in [6, 6.07) is 13.2. The molecular formula is C17H15ClIN5O2. The third-order valence-electron chi connectivity index (χ3n) is 3.36. The van der Waals surface area contributed by atoms with E-state index in [0.717, 1.165) is 9.26 Å². The molecule has 0 atom stereocenters. The summed E-state index contributed by atoms with van der Waals surface area (Å²) in [5, 5.41) is 6.26. The van der Waals surface area contributed by atoms with Gasteiger partial charge in [-0.2, -0.15) is 15.0 Å². The lowest BCUT2D eigenvalue weighted by molar-refractivity contribution is 0.395. The van der Waals surface area contributed by atoms with E-state index in [1.54, 1.807) is 26.4 Å². The van der Waals surface area contributed by atoms with Gasteiger partial charge in [0.05, 0.1) is 19.9 Å². The molecule has 0 amide bonds. The Kier molecular flexibility index (Phi) is 5.94. The highest BCUT2D eigenvalue weighted by atomic mass is 127. The fourth-order valence-corrected chi connectivity index (χ4v) is 2.67. The van der Waals surface area contributed by atoms with Crippen LogP contribution in [-0.2, 0) is 0 Å². The number of halogens is 2. The molecule has 7 nitrogen and oxygen atoms in total. The average Bonchev–Trinajstić information content (AvgIpc) is 2.63. The van der Waals surface area contributed by atoms with E-state index in [1.165, 1.54) is 0 Å². The standard InChI is InChI=1S/C17H15ClIN5O2/c1-25-12-7-8-13(14(9-12)26-2)21-17-23-15(18)22-16(24-17)20-11-5-3-10(19)4-6-11/h3-9H,1-2H3,(H2,20,21,22,23,24). The summed E-state index contributed by atoms with van der Waals surface area (Å²) in [4.78, 5) is 12.6. The molecule has 3 aromatic rings. The molecule has 0 aliphatic carbocycles. The Morgan fingerprint density at radius 2 is 1.58 bits per heavy atom. The molecular weight excluding hydrogens is 469 g/mol. The van der Waals surface area contributed by atoms with E-state index in [9.17, 15) is 0 Å². The zero-order chi connectivity index (χ0) is 18.5. The smallest absolute Gasteiger partial charge is 0.233 e. The van der Waals surface area contributed by atoms with Crippen molar-refractivity contribution in [3.8, 4) is 11.5 Å². The molecule has 1 heterocycles. The molecule has 0 aliphatic rings. The molecule has 0 aliphatic heterocycles. The predicted octanol–water partition coefficient (Wildman–Crippen LogP) is 4.63. The van der Waals surface area contributed by atoms with Crippen LogP contribution in [0.1, 0.15) is 0 Å². The Bertz CT molecular complexity index is 908. The quantitative estimate of drug-likeness (QED) is 0.495. The Morgan fingerprint density at radius 1 is 0.885 bits per heavy atom. The lowest BCUT2D eigenvalue weighted by Crippen LogP contribution is -2.05. The van der Waals surface area contributed by atoms with Crippen LogP contribution in [0.3, 0.4) is 0 Å². The van der Waals surface area contributed by atoms with Gasteiger partial charge < -0.3 is 20.1 Å². The van der Waals surface area contributed by atoms with Gasteiger partial charge in [0.1, 0.15) is 11.5 Å². The Balaban J connectivity index is 1.85. The summed E-state index contributed by atoms with van der Waals surface area (Å²) in [5.74, 6) is 1.90. The van der Waals surface area contributed by atoms with Crippen molar-refractivity contribution in [1.29, 1.82) is 0 Å². The van der Waals surface area contributed by atoms with Crippen LogP contribution in [-0.4, -0.2) is 29.2 Å². The molecule has 0 saturated heterocycles. The van der Waals surface area contributed by atoms with Crippen molar-refractivity contribution >= 4 is 57.5 Å². The highest BCUT2D eigenvalue weighted by Gasteiger charge is 2.10. The maximum Gasteiger partial charge on any atom is 0.233 e. The summed E-state index contributed by atoms with van der Waals surface area (Å²) >= 11 is 8.28. The number of anilines is 4. The Labute approximate surface area is 169 Å². The van der Waals surface area contributed by atoms with E-state index in [4.69, 9.17) is 21.1 Å². The van der Waals surface area contributed by atoms with Crippen LogP contribution in [0.4, 0.5) is 23.3 Å². The van der Waals surface area contributed by atoms with Crippen molar-refractivity contribution in [1.82, 2.24) is 15.0 Å². The number of hydrogen-bond donors (Lipinski definition) is 2. The van der Waals surface area contributed by atoms with Crippen LogP contribution in [0.25, 0.3) is 0 Å². The van der Waals surface area contributed by atoms with Crippen molar-refractivity contribution in [3.05, 3.63) is 51.3 Å². The molecule has 0 radical (unpaired) electrons. The lowest BCUT2D eigenvalue weighted by atomic mass is 10.2. The summed E-state index contributed by atoms with van der Waals surface area (Å²) in [6.45, 7) is 0. The van der Waals surface area contributed by atoms with Gasteiger partial charge in [-0.15, -0.1) is 0 Å². The first kappa shape index (κ1) is 18.5. The van der Waals surface area contributed by atoms with Crippen molar-refractivity contribution in [3.63, 3.8) is 0 Å². The second-order valence-electron chi connectivity index (χ2n) is 5.07. The molecule has 134 valence electrons. The van der Waals surface area contributed by atoms with Crippen LogP contribution in [0, 0.1) is 3.57 Å². The number of ether oxygens (including phenoxy) is 2. The molecule has 0 saturated carbocycles. The molecule has 3 rings (SSSR count). The second-order valence-corrected chi connectivity index (χ2v) is 6.66. The Morgan fingerprint density at radius 3 is 2.23 bits per heavy atom. The van der Waals surface area contributed by atoms with Crippen LogP contribution < -0.4 is 20.1 Å². The molecule has 0 unspecified atom stereocenters. The number of methoxy groups -OCH3 is 2. The summed E-state index contributed by atoms with van der Waals surface area (Å²) in [5.41, 5.74) is 1.52. The number of aromatic nitrogens is 3. The lowest BCUT2D eigenvalue weighted by Gasteiger charge is -2.12. The van der Waals surface area contributed by atoms with E-state index in [-0.39, 0.29) is 5.28 Å². The van der Waals surface area contributed by atoms with E-state index >= 15 is 0 Å². The average molecular weight is 484 g/mol. The summed E-state index contributed by atoms with van der Waals surface area (Å²) in [7, 11) is 3.17. The van der Waals surface area contributed by atoms with Gasteiger partial charge in [-0.1, -0.05) is 0 Å². The zero-order valence-corrected chi connectivity index (χ0v) is 16.9. The van der Waals surface area contributed by atoms with Crippen molar-refractivity contribution < 1.29 is 9.47 Å². The van der Waals surface area contributed by atoms with Crippen molar-refractivity contribution in [2.24, 2.45) is 0 Å². The molecule has 1 aromatic heterocycles. The number of nitrogens with zero attached hydrogens (tertiary/aromatic N) is 3. The van der Waals surface area contributed by atoms with Gasteiger partial charge in [0.25, 0.3) is 0 Å². The highest BCUT2D eigenvalue weighted by molar-refractivity contribution is 14.1. The van der Waals surface area contributed by atoms with Crippen LogP contribution in [0.15, 0.2) is 42.5 Å². The normalized spacial score (nSPS) is 10.3. The van der Waals surface area contributed by atoms with Crippen molar-refractivity contribution in [2.75, 3.05) is 24.9 Å². The largest absolute Gasteiger partial charge is 0.497 e. The predicted molar refractivity (Wildman–Crippen MR) is 110 cm³/mol. The van der Waals surface area contributed by atoms with Crippen LogP contribution >= 0.6 is 34.2 Å². The Hall–Kier alpha value is -2.33. The molecule has 0 fully saturated rings. The minimum absolute atomic E-state index is 0.0722. The van der Waals surface area contributed by atoms with Gasteiger partial charge in [-0.05, 0) is 70.6 Å². The molecule has 0 bridgehead atoms. The number of rotatable bonds is 6. The molecule has 2 N–H and O–H groups in total. The number of hydrogen-bond acceptors (Lipinski definition) is 7. The van der Waals surface area contributed by atoms with Gasteiger partial charge in [0.2, 0.25) is 17.2 Å². The molecule has 26 heavy (non-hydrogen) atoms. The summed E-state index contributed by atoms with van der Waals surface area (Å²) < 4.78 is 11.7. The van der Waals surface area contributed by atoms with Gasteiger partial charge in [-0.25, -0.2) is 0 Å². The van der Waals surface area contributed by atoms with Crippen LogP contribution in [0.2, 0.25) is 5.28 Å². The summed E-state index contributed by atoms with van der Waals surface area (Å²) in [6.07, 6.45) is 0. The monoisotopic (exact) mass is 483 g/mol. The van der Waals surface area contributed by atoms with Crippen molar-refractivity contribution in [2.45, 2.75) is 0 Å². The number of benzene rings is 2. The first-order valence-electron chi connectivity index (χ1n) is 7.50.